The zero-order chi connectivity index (χ0) is 33.6. The van der Waals surface area contributed by atoms with Gasteiger partial charge in [0.25, 0.3) is 0 Å². The van der Waals surface area contributed by atoms with Gasteiger partial charge in [-0.2, -0.15) is 0 Å². The van der Waals surface area contributed by atoms with Gasteiger partial charge in [0, 0.05) is 16.5 Å². The van der Waals surface area contributed by atoms with Crippen molar-refractivity contribution in [1.29, 1.82) is 0 Å². The third-order valence-corrected chi connectivity index (χ3v) is 10.1. The van der Waals surface area contributed by atoms with Crippen LogP contribution >= 0.6 is 0 Å². The van der Waals surface area contributed by atoms with E-state index in [1.165, 1.54) is 70.9 Å². The quantitative estimate of drug-likeness (QED) is 0.126. The van der Waals surface area contributed by atoms with Crippen molar-refractivity contribution in [2.24, 2.45) is 0 Å². The molecule has 50 heavy (non-hydrogen) atoms. The molecule has 0 bridgehead atoms. The Hall–Kier alpha value is -6.44. The van der Waals surface area contributed by atoms with E-state index in [-0.39, 0.29) is 0 Å². The number of aromatic nitrogens is 1. The van der Waals surface area contributed by atoms with Crippen molar-refractivity contribution in [3.8, 4) is 22.3 Å². The lowest BCUT2D eigenvalue weighted by atomic mass is 9.93. The second kappa shape index (κ2) is 12.2. The van der Waals surface area contributed by atoms with Gasteiger partial charge in [-0.05, 0) is 115 Å². The number of nitrogens with zero attached hydrogens (tertiary/aromatic N) is 1. The summed E-state index contributed by atoms with van der Waals surface area (Å²) in [7, 11) is 0. The maximum atomic E-state index is 4.37. The van der Waals surface area contributed by atoms with Gasteiger partial charge in [0.2, 0.25) is 0 Å². The van der Waals surface area contributed by atoms with Gasteiger partial charge in [-0.25, -0.2) is 0 Å². The highest BCUT2D eigenvalue weighted by Gasteiger charge is 2.18. The van der Waals surface area contributed by atoms with E-state index >= 15 is 0 Å². The molecule has 9 aromatic rings. The summed E-state index contributed by atoms with van der Waals surface area (Å²) in [5.41, 5.74) is 10.4. The van der Waals surface area contributed by atoms with Gasteiger partial charge in [0.15, 0.2) is 0 Å². The monoisotopic (exact) mass is 637 g/mol. The average molecular weight is 638 g/mol. The van der Waals surface area contributed by atoms with E-state index in [0.717, 1.165) is 22.4 Å². The fraction of sp³-hybridized carbons (Fsp3) is 0.0204. The molecular formula is C49H35N. The van der Waals surface area contributed by atoms with E-state index in [1.54, 1.807) is 0 Å². The molecule has 0 atom stereocenters. The van der Waals surface area contributed by atoms with Gasteiger partial charge in [0.05, 0.1) is 11.0 Å². The molecule has 0 amide bonds. The van der Waals surface area contributed by atoms with Crippen LogP contribution in [0.15, 0.2) is 189 Å². The summed E-state index contributed by atoms with van der Waals surface area (Å²) in [6, 6.07) is 59.4. The molecule has 1 heteroatoms. The molecule has 0 radical (unpaired) electrons. The fourth-order valence-electron chi connectivity index (χ4n) is 7.75. The number of hydrogen-bond donors (Lipinski definition) is 0. The maximum absolute atomic E-state index is 4.37. The van der Waals surface area contributed by atoms with Crippen molar-refractivity contribution in [1.82, 2.24) is 4.57 Å². The first-order valence-electron chi connectivity index (χ1n) is 17.3. The summed E-state index contributed by atoms with van der Waals surface area (Å²) in [6.45, 7) is 6.50. The molecule has 0 aliphatic rings. The lowest BCUT2D eigenvalue weighted by Crippen LogP contribution is -1.96. The Bertz CT molecular complexity index is 2750. The smallest absolute Gasteiger partial charge is 0.0547 e. The molecule has 9 rings (SSSR count). The van der Waals surface area contributed by atoms with E-state index < -0.39 is 0 Å². The predicted molar refractivity (Wildman–Crippen MR) is 217 cm³/mol. The number of para-hydroxylation sites is 1. The summed E-state index contributed by atoms with van der Waals surface area (Å²) < 4.78 is 2.39. The van der Waals surface area contributed by atoms with Crippen LogP contribution in [0.3, 0.4) is 0 Å². The van der Waals surface area contributed by atoms with Crippen molar-refractivity contribution < 1.29 is 0 Å². The third-order valence-electron chi connectivity index (χ3n) is 10.1. The number of allylic oxidation sites excluding steroid dienone is 5. The highest BCUT2D eigenvalue weighted by Crippen LogP contribution is 2.42. The second-order valence-corrected chi connectivity index (χ2v) is 12.9. The van der Waals surface area contributed by atoms with E-state index in [9.17, 15) is 0 Å². The largest absolute Gasteiger partial charge is 0.309 e. The van der Waals surface area contributed by atoms with Gasteiger partial charge in [0.1, 0.15) is 0 Å². The standard InChI is InChI=1S/C49H35N/c1-3-33(38-29-39(34-15-7-5-8-16-34)31-40(30-38)35-17-9-6-10-18-35)32-41(4-2)50-46-22-14-13-21-45(46)49-47(50)28-25-37-24-26-43-42-20-12-11-19-36(42)23-27-44(43)48(37)49/h3-32H,2H2,1H3/b33-3+,41-32+. The zero-order valence-electron chi connectivity index (χ0n) is 28.0. The van der Waals surface area contributed by atoms with Crippen LogP contribution in [0.1, 0.15) is 12.5 Å². The molecule has 0 aliphatic heterocycles. The van der Waals surface area contributed by atoms with Crippen LogP contribution < -0.4 is 0 Å². The van der Waals surface area contributed by atoms with Crippen LogP contribution in [-0.4, -0.2) is 4.57 Å². The summed E-state index contributed by atoms with van der Waals surface area (Å²) in [5.74, 6) is 0. The minimum absolute atomic E-state index is 1.03. The van der Waals surface area contributed by atoms with Crippen LogP contribution in [0.25, 0.3) is 87.6 Å². The first kappa shape index (κ1) is 29.7. The zero-order valence-corrected chi connectivity index (χ0v) is 28.0. The summed E-state index contributed by atoms with van der Waals surface area (Å²) >= 11 is 0. The molecule has 0 N–H and O–H groups in total. The average Bonchev–Trinajstić information content (AvgIpc) is 3.53. The van der Waals surface area contributed by atoms with Crippen molar-refractivity contribution in [3.05, 3.63) is 194 Å². The fourth-order valence-corrected chi connectivity index (χ4v) is 7.75. The summed E-state index contributed by atoms with van der Waals surface area (Å²) in [5, 5.41) is 10.1. The van der Waals surface area contributed by atoms with Crippen LogP contribution in [0.5, 0.6) is 0 Å². The van der Waals surface area contributed by atoms with Gasteiger partial charge in [-0.3, -0.25) is 0 Å². The van der Waals surface area contributed by atoms with Crippen molar-refractivity contribution >= 4 is 65.4 Å². The summed E-state index contributed by atoms with van der Waals surface area (Å²) in [4.78, 5) is 0. The normalized spacial score (nSPS) is 12.4. The van der Waals surface area contributed by atoms with Gasteiger partial charge in [-0.15, -0.1) is 0 Å². The van der Waals surface area contributed by atoms with Gasteiger partial charge < -0.3 is 4.57 Å². The van der Waals surface area contributed by atoms with Crippen LogP contribution in [0.2, 0.25) is 0 Å². The predicted octanol–water partition coefficient (Wildman–Crippen LogP) is 13.7. The number of fused-ring (bicyclic) bond motifs is 9. The Labute approximate surface area is 292 Å². The molecule has 236 valence electrons. The molecule has 0 saturated heterocycles. The highest BCUT2D eigenvalue weighted by molar-refractivity contribution is 6.30. The van der Waals surface area contributed by atoms with Crippen LogP contribution in [0, 0.1) is 0 Å². The van der Waals surface area contributed by atoms with E-state index in [0.29, 0.717) is 0 Å². The first-order valence-corrected chi connectivity index (χ1v) is 17.3. The molecule has 1 nitrogen and oxygen atoms in total. The van der Waals surface area contributed by atoms with Crippen molar-refractivity contribution in [3.63, 3.8) is 0 Å². The van der Waals surface area contributed by atoms with Crippen molar-refractivity contribution in [2.45, 2.75) is 6.92 Å². The molecule has 1 heterocycles. The number of rotatable bonds is 6. The lowest BCUT2D eigenvalue weighted by Gasteiger charge is -2.14. The molecule has 0 aliphatic carbocycles. The maximum Gasteiger partial charge on any atom is 0.0547 e. The van der Waals surface area contributed by atoms with E-state index in [1.807, 2.05) is 6.08 Å². The lowest BCUT2D eigenvalue weighted by molar-refractivity contribution is 1.24. The van der Waals surface area contributed by atoms with Crippen LogP contribution in [-0.2, 0) is 0 Å². The van der Waals surface area contributed by atoms with Gasteiger partial charge in [-0.1, -0.05) is 146 Å². The third kappa shape index (κ3) is 4.86. The van der Waals surface area contributed by atoms with Crippen molar-refractivity contribution in [2.75, 3.05) is 0 Å². The van der Waals surface area contributed by atoms with E-state index in [2.05, 4.69) is 194 Å². The second-order valence-electron chi connectivity index (χ2n) is 12.9. The first-order chi connectivity index (χ1) is 24.7. The van der Waals surface area contributed by atoms with E-state index in [4.69, 9.17) is 0 Å². The Morgan fingerprint density at radius 2 is 1.08 bits per heavy atom. The van der Waals surface area contributed by atoms with Gasteiger partial charge >= 0.3 is 0 Å². The highest BCUT2D eigenvalue weighted by atomic mass is 15.0. The Balaban J connectivity index is 1.29. The molecular weight excluding hydrogens is 603 g/mol. The number of hydrogen-bond acceptors (Lipinski definition) is 0. The molecule has 0 saturated carbocycles. The minimum atomic E-state index is 1.03. The molecule has 0 fully saturated rings. The Kier molecular flexibility index (Phi) is 7.25. The molecule has 0 spiro atoms. The van der Waals surface area contributed by atoms with Crippen LogP contribution in [0.4, 0.5) is 0 Å². The molecule has 0 unspecified atom stereocenters. The Morgan fingerprint density at radius 1 is 0.480 bits per heavy atom. The molecule has 1 aromatic heterocycles. The molecule has 8 aromatic carbocycles. The topological polar surface area (TPSA) is 4.93 Å². The summed E-state index contributed by atoms with van der Waals surface area (Å²) in [6.07, 6.45) is 6.50. The SMILES string of the molecule is C=C/C(=C\C(=C/C)c1cc(-c2ccccc2)cc(-c2ccccc2)c1)n1c2ccccc2c2c3c(ccc4c5ccccc5ccc43)ccc21. The Morgan fingerprint density at radius 3 is 1.78 bits per heavy atom. The number of benzene rings is 8. The minimum Gasteiger partial charge on any atom is -0.309 e.